The number of anilines is 1. The molecule has 22 heavy (non-hydrogen) atoms. The maximum atomic E-state index is 12.0. The molecule has 0 fully saturated rings. The number of rotatable bonds is 5. The molecule has 0 atom stereocenters. The lowest BCUT2D eigenvalue weighted by Crippen LogP contribution is -2.24. The topological polar surface area (TPSA) is 64.9 Å². The van der Waals surface area contributed by atoms with Gasteiger partial charge in [-0.2, -0.15) is 5.26 Å². The molecule has 0 aliphatic rings. The first kappa shape index (κ1) is 15.6. The summed E-state index contributed by atoms with van der Waals surface area (Å²) in [6.45, 7) is 0.366. The summed E-state index contributed by atoms with van der Waals surface area (Å²) in [5.41, 5.74) is 1.58. The van der Waals surface area contributed by atoms with Crippen LogP contribution in [-0.2, 0) is 11.3 Å². The minimum absolute atomic E-state index is 0.0177. The van der Waals surface area contributed by atoms with Crippen LogP contribution in [0.15, 0.2) is 66.4 Å². The van der Waals surface area contributed by atoms with Gasteiger partial charge in [-0.3, -0.25) is 4.79 Å². The van der Waals surface area contributed by atoms with Gasteiger partial charge in [0.15, 0.2) is 0 Å². The average Bonchev–Trinajstić information content (AvgIpc) is 2.56. The van der Waals surface area contributed by atoms with E-state index in [-0.39, 0.29) is 5.57 Å². The van der Waals surface area contributed by atoms with Crippen molar-refractivity contribution >= 4 is 23.2 Å². The van der Waals surface area contributed by atoms with Crippen LogP contribution in [0.25, 0.3) is 0 Å². The number of carbonyl (C=O) groups is 1. The molecule has 0 saturated carbocycles. The Balaban J connectivity index is 1.99. The standard InChI is InChI=1S/C17H14ClN3O/c18-15-8-4-5-9-16(15)20-12-14(10-19)17(22)21-11-13-6-2-1-3-7-13/h1-9,12,20H,11H2,(H,21,22)/b14-12-. The largest absolute Gasteiger partial charge is 0.359 e. The third kappa shape index (κ3) is 4.37. The molecule has 2 rings (SSSR count). The van der Waals surface area contributed by atoms with E-state index in [1.165, 1.54) is 6.20 Å². The SMILES string of the molecule is N#C/C(=C/Nc1ccccc1Cl)C(=O)NCc1ccccc1. The van der Waals surface area contributed by atoms with Crippen molar-refractivity contribution in [3.05, 3.63) is 77.0 Å². The minimum atomic E-state index is -0.439. The molecular weight excluding hydrogens is 298 g/mol. The molecule has 0 aliphatic carbocycles. The number of nitrogens with zero attached hydrogens (tertiary/aromatic N) is 1. The molecular formula is C17H14ClN3O. The van der Waals surface area contributed by atoms with E-state index in [0.717, 1.165) is 5.56 Å². The van der Waals surface area contributed by atoms with E-state index in [4.69, 9.17) is 16.9 Å². The first-order valence-electron chi connectivity index (χ1n) is 6.64. The Bertz CT molecular complexity index is 720. The zero-order valence-corrected chi connectivity index (χ0v) is 12.5. The fourth-order valence-electron chi connectivity index (χ4n) is 1.75. The lowest BCUT2D eigenvalue weighted by Gasteiger charge is -2.06. The van der Waals surface area contributed by atoms with Crippen LogP contribution in [0.1, 0.15) is 5.56 Å². The Morgan fingerprint density at radius 2 is 1.82 bits per heavy atom. The zero-order valence-electron chi connectivity index (χ0n) is 11.7. The van der Waals surface area contributed by atoms with Crippen LogP contribution in [0.2, 0.25) is 5.02 Å². The van der Waals surface area contributed by atoms with Crippen molar-refractivity contribution < 1.29 is 4.79 Å². The van der Waals surface area contributed by atoms with E-state index >= 15 is 0 Å². The monoisotopic (exact) mass is 311 g/mol. The molecule has 0 radical (unpaired) electrons. The fourth-order valence-corrected chi connectivity index (χ4v) is 1.94. The van der Waals surface area contributed by atoms with Crippen molar-refractivity contribution in [3.63, 3.8) is 0 Å². The van der Waals surface area contributed by atoms with E-state index in [9.17, 15) is 4.79 Å². The molecule has 1 amide bonds. The summed E-state index contributed by atoms with van der Waals surface area (Å²) in [4.78, 5) is 12.0. The van der Waals surface area contributed by atoms with Gasteiger partial charge in [0.2, 0.25) is 0 Å². The number of hydrogen-bond donors (Lipinski definition) is 2. The van der Waals surface area contributed by atoms with Gasteiger partial charge < -0.3 is 10.6 Å². The highest BCUT2D eigenvalue weighted by Crippen LogP contribution is 2.20. The number of nitrogens with one attached hydrogen (secondary N) is 2. The third-order valence-corrected chi connectivity index (χ3v) is 3.24. The van der Waals surface area contributed by atoms with E-state index < -0.39 is 5.91 Å². The molecule has 2 N–H and O–H groups in total. The van der Waals surface area contributed by atoms with E-state index in [1.54, 1.807) is 18.2 Å². The smallest absolute Gasteiger partial charge is 0.263 e. The van der Waals surface area contributed by atoms with Gasteiger partial charge in [0.05, 0.1) is 10.7 Å². The summed E-state index contributed by atoms with van der Waals surface area (Å²) in [5, 5.41) is 15.2. The highest BCUT2D eigenvalue weighted by molar-refractivity contribution is 6.33. The van der Waals surface area contributed by atoms with Crippen molar-refractivity contribution in [1.29, 1.82) is 5.26 Å². The summed E-state index contributed by atoms with van der Waals surface area (Å²) >= 11 is 6.00. The van der Waals surface area contributed by atoms with Gasteiger partial charge in [0.1, 0.15) is 11.6 Å². The first-order chi connectivity index (χ1) is 10.7. The normalized spacial score (nSPS) is 10.6. The molecule has 0 bridgehead atoms. The molecule has 0 heterocycles. The number of benzene rings is 2. The van der Waals surface area contributed by atoms with E-state index in [1.807, 2.05) is 42.5 Å². The maximum absolute atomic E-state index is 12.0. The molecule has 0 spiro atoms. The van der Waals surface area contributed by atoms with Crippen LogP contribution >= 0.6 is 11.6 Å². The first-order valence-corrected chi connectivity index (χ1v) is 7.02. The van der Waals surface area contributed by atoms with Gasteiger partial charge in [-0.1, -0.05) is 54.1 Å². The Morgan fingerprint density at radius 1 is 1.14 bits per heavy atom. The van der Waals surface area contributed by atoms with Crippen molar-refractivity contribution in [2.24, 2.45) is 0 Å². The lowest BCUT2D eigenvalue weighted by atomic mass is 10.2. The van der Waals surface area contributed by atoms with Crippen LogP contribution in [-0.4, -0.2) is 5.91 Å². The van der Waals surface area contributed by atoms with Crippen LogP contribution in [0.4, 0.5) is 5.69 Å². The number of amides is 1. The van der Waals surface area contributed by atoms with Crippen LogP contribution < -0.4 is 10.6 Å². The van der Waals surface area contributed by atoms with Gasteiger partial charge in [-0.15, -0.1) is 0 Å². The van der Waals surface area contributed by atoms with Gasteiger partial charge in [-0.05, 0) is 17.7 Å². The zero-order chi connectivity index (χ0) is 15.8. The summed E-state index contributed by atoms with van der Waals surface area (Å²) in [6.07, 6.45) is 1.35. The second-order valence-electron chi connectivity index (χ2n) is 4.46. The van der Waals surface area contributed by atoms with Gasteiger partial charge in [0, 0.05) is 12.7 Å². The van der Waals surface area contributed by atoms with Gasteiger partial charge in [-0.25, -0.2) is 0 Å². The highest BCUT2D eigenvalue weighted by Gasteiger charge is 2.08. The number of hydrogen-bond acceptors (Lipinski definition) is 3. The lowest BCUT2D eigenvalue weighted by molar-refractivity contribution is -0.117. The molecule has 5 heteroatoms. The van der Waals surface area contributed by atoms with Crippen molar-refractivity contribution in [3.8, 4) is 6.07 Å². The second kappa shape index (κ2) is 7.87. The molecule has 4 nitrogen and oxygen atoms in total. The van der Waals surface area contributed by atoms with Gasteiger partial charge in [0.25, 0.3) is 5.91 Å². The van der Waals surface area contributed by atoms with E-state index in [2.05, 4.69) is 10.6 Å². The number of para-hydroxylation sites is 1. The second-order valence-corrected chi connectivity index (χ2v) is 4.87. The Morgan fingerprint density at radius 3 is 2.50 bits per heavy atom. The molecule has 0 unspecified atom stereocenters. The Labute approximate surface area is 134 Å². The summed E-state index contributed by atoms with van der Waals surface area (Å²) in [7, 11) is 0. The number of halogens is 1. The highest BCUT2D eigenvalue weighted by atomic mass is 35.5. The molecule has 110 valence electrons. The van der Waals surface area contributed by atoms with E-state index in [0.29, 0.717) is 17.3 Å². The van der Waals surface area contributed by atoms with Crippen LogP contribution in [0, 0.1) is 11.3 Å². The Hall–Kier alpha value is -2.77. The molecule has 0 aliphatic heterocycles. The Kier molecular flexibility index (Phi) is 5.58. The average molecular weight is 312 g/mol. The third-order valence-electron chi connectivity index (χ3n) is 2.91. The maximum Gasteiger partial charge on any atom is 0.263 e. The summed E-state index contributed by atoms with van der Waals surface area (Å²) in [6, 6.07) is 18.4. The van der Waals surface area contributed by atoms with Crippen molar-refractivity contribution in [1.82, 2.24) is 5.32 Å². The molecule has 0 aromatic heterocycles. The van der Waals surface area contributed by atoms with Gasteiger partial charge >= 0.3 is 0 Å². The fraction of sp³-hybridized carbons (Fsp3) is 0.0588. The summed E-state index contributed by atoms with van der Waals surface area (Å²) in [5.74, 6) is -0.439. The van der Waals surface area contributed by atoms with Crippen molar-refractivity contribution in [2.45, 2.75) is 6.54 Å². The van der Waals surface area contributed by atoms with Crippen LogP contribution in [0.3, 0.4) is 0 Å². The predicted molar refractivity (Wildman–Crippen MR) is 87.1 cm³/mol. The molecule has 2 aromatic rings. The van der Waals surface area contributed by atoms with Crippen molar-refractivity contribution in [2.75, 3.05) is 5.32 Å². The minimum Gasteiger partial charge on any atom is -0.359 e. The van der Waals surface area contributed by atoms with Crippen LogP contribution in [0.5, 0.6) is 0 Å². The summed E-state index contributed by atoms with van der Waals surface area (Å²) < 4.78 is 0. The molecule has 0 saturated heterocycles. The number of nitriles is 1. The quantitative estimate of drug-likeness (QED) is 0.656. The molecule has 2 aromatic carbocycles. The predicted octanol–water partition coefficient (Wildman–Crippen LogP) is 3.48. The number of carbonyl (C=O) groups excluding carboxylic acids is 1.